The molecule has 4 aromatic rings. The number of carbonyl (C=O) groups is 2. The summed E-state index contributed by atoms with van der Waals surface area (Å²) in [6.07, 6.45) is 3.90. The zero-order chi connectivity index (χ0) is 29.3. The molecule has 0 spiro atoms. The first-order valence-electron chi connectivity index (χ1n) is 14.0. The number of amides is 2. The predicted octanol–water partition coefficient (Wildman–Crippen LogP) is 4.97. The van der Waals surface area contributed by atoms with E-state index in [0.29, 0.717) is 63.6 Å². The average Bonchev–Trinajstić information content (AvgIpc) is 3.03. The third kappa shape index (κ3) is 7.18. The maximum Gasteiger partial charge on any atom is 0.255 e. The minimum absolute atomic E-state index is 0.0980. The highest BCUT2D eigenvalue weighted by Gasteiger charge is 2.19. The summed E-state index contributed by atoms with van der Waals surface area (Å²) in [4.78, 5) is 34.4. The van der Waals surface area contributed by atoms with Gasteiger partial charge in [-0.3, -0.25) is 14.6 Å². The molecule has 9 heteroatoms. The SMILES string of the molecule is NCCCN(Cc1cccc(-c2ccc(N3CCOCC3)c(NC(=O)c3cccc(F)c3)c2)c1)C(=O)c1cccnc1. The number of nitrogens with one attached hydrogen (secondary N) is 1. The second-order valence-electron chi connectivity index (χ2n) is 10.1. The van der Waals surface area contributed by atoms with Gasteiger partial charge in [-0.2, -0.15) is 0 Å². The fourth-order valence-corrected chi connectivity index (χ4v) is 5.00. The van der Waals surface area contributed by atoms with Crippen molar-refractivity contribution < 1.29 is 18.7 Å². The molecule has 1 fully saturated rings. The van der Waals surface area contributed by atoms with Crippen molar-refractivity contribution in [3.8, 4) is 11.1 Å². The molecule has 1 aromatic heterocycles. The van der Waals surface area contributed by atoms with Gasteiger partial charge in [0.25, 0.3) is 11.8 Å². The van der Waals surface area contributed by atoms with Crippen LogP contribution in [0.2, 0.25) is 0 Å². The van der Waals surface area contributed by atoms with Crippen LogP contribution in [0.25, 0.3) is 11.1 Å². The number of rotatable bonds is 10. The van der Waals surface area contributed by atoms with E-state index >= 15 is 0 Å². The number of nitrogens with zero attached hydrogens (tertiary/aromatic N) is 3. The zero-order valence-electron chi connectivity index (χ0n) is 23.3. The topological polar surface area (TPSA) is 101 Å². The maximum atomic E-state index is 13.8. The van der Waals surface area contributed by atoms with Gasteiger partial charge in [-0.1, -0.05) is 30.3 Å². The smallest absolute Gasteiger partial charge is 0.255 e. The van der Waals surface area contributed by atoms with Crippen LogP contribution in [0.15, 0.2) is 91.3 Å². The van der Waals surface area contributed by atoms with Gasteiger partial charge >= 0.3 is 0 Å². The molecule has 2 amide bonds. The molecule has 1 aliphatic rings. The van der Waals surface area contributed by atoms with E-state index in [1.807, 2.05) is 42.5 Å². The first-order chi connectivity index (χ1) is 20.5. The summed E-state index contributed by atoms with van der Waals surface area (Å²) in [7, 11) is 0. The highest BCUT2D eigenvalue weighted by molar-refractivity contribution is 6.06. The summed E-state index contributed by atoms with van der Waals surface area (Å²) in [6.45, 7) is 4.01. The van der Waals surface area contributed by atoms with Crippen molar-refractivity contribution in [1.82, 2.24) is 9.88 Å². The Morgan fingerprint density at radius 2 is 1.74 bits per heavy atom. The molecule has 0 radical (unpaired) electrons. The molecule has 0 aliphatic carbocycles. The summed E-state index contributed by atoms with van der Waals surface area (Å²) < 4.78 is 19.4. The molecule has 5 rings (SSSR count). The molecule has 1 saturated heterocycles. The Morgan fingerprint density at radius 3 is 2.50 bits per heavy atom. The summed E-state index contributed by atoms with van der Waals surface area (Å²) >= 11 is 0. The molecule has 8 nitrogen and oxygen atoms in total. The third-order valence-corrected chi connectivity index (χ3v) is 7.14. The van der Waals surface area contributed by atoms with Gasteiger partial charge in [0.1, 0.15) is 5.82 Å². The van der Waals surface area contributed by atoms with E-state index in [9.17, 15) is 14.0 Å². The first kappa shape index (κ1) is 28.9. The molecular formula is C33H34FN5O3. The van der Waals surface area contributed by atoms with Crippen LogP contribution >= 0.6 is 0 Å². The molecule has 3 N–H and O–H groups in total. The van der Waals surface area contributed by atoms with Crippen LogP contribution < -0.4 is 16.0 Å². The van der Waals surface area contributed by atoms with Crippen LogP contribution in [0.3, 0.4) is 0 Å². The van der Waals surface area contributed by atoms with Crippen LogP contribution in [0.5, 0.6) is 0 Å². The van der Waals surface area contributed by atoms with E-state index < -0.39 is 5.82 Å². The van der Waals surface area contributed by atoms with Crippen molar-refractivity contribution in [3.63, 3.8) is 0 Å². The maximum absolute atomic E-state index is 13.8. The van der Waals surface area contributed by atoms with Crippen molar-refractivity contribution in [1.29, 1.82) is 0 Å². The van der Waals surface area contributed by atoms with Crippen LogP contribution in [0.1, 0.15) is 32.7 Å². The normalized spacial score (nSPS) is 13.0. The number of aromatic nitrogens is 1. The van der Waals surface area contributed by atoms with Crippen molar-refractivity contribution in [2.24, 2.45) is 5.73 Å². The first-order valence-corrected chi connectivity index (χ1v) is 14.0. The van der Waals surface area contributed by atoms with Crippen LogP contribution in [-0.2, 0) is 11.3 Å². The Balaban J connectivity index is 1.43. The molecule has 216 valence electrons. The number of hydrogen-bond donors (Lipinski definition) is 2. The fourth-order valence-electron chi connectivity index (χ4n) is 5.00. The molecule has 42 heavy (non-hydrogen) atoms. The minimum Gasteiger partial charge on any atom is -0.378 e. The average molecular weight is 568 g/mol. The number of halogens is 1. The fraction of sp³-hybridized carbons (Fsp3) is 0.242. The predicted molar refractivity (Wildman–Crippen MR) is 162 cm³/mol. The Hall–Kier alpha value is -4.60. The van der Waals surface area contributed by atoms with E-state index in [0.717, 1.165) is 22.4 Å². The highest BCUT2D eigenvalue weighted by atomic mass is 19.1. The Bertz CT molecular complexity index is 1530. The Kier molecular flexibility index (Phi) is 9.53. The van der Waals surface area contributed by atoms with Gasteiger partial charge in [0.2, 0.25) is 0 Å². The Labute approximate surface area is 244 Å². The lowest BCUT2D eigenvalue weighted by Crippen LogP contribution is -2.36. The number of benzene rings is 3. The molecule has 2 heterocycles. The molecule has 0 saturated carbocycles. The number of morpholine rings is 1. The number of anilines is 2. The largest absolute Gasteiger partial charge is 0.378 e. The van der Waals surface area contributed by atoms with Gasteiger partial charge in [0, 0.05) is 44.1 Å². The van der Waals surface area contributed by atoms with E-state index in [4.69, 9.17) is 10.5 Å². The standard InChI is InChI=1S/C33H34FN5O3/c34-29-9-2-7-27(20-29)32(40)37-30-21-26(10-11-31(30)38-15-17-42-18-16-38)25-6-1-5-24(19-25)23-39(14-4-12-35)33(41)28-8-3-13-36-22-28/h1-3,5-11,13,19-22H,4,12,14-18,23,35H2,(H,37,40). The van der Waals surface area contributed by atoms with Crippen molar-refractivity contribution in [2.45, 2.75) is 13.0 Å². The second-order valence-corrected chi connectivity index (χ2v) is 10.1. The molecule has 1 aliphatic heterocycles. The van der Waals surface area contributed by atoms with Crippen LogP contribution in [0.4, 0.5) is 15.8 Å². The van der Waals surface area contributed by atoms with Crippen molar-refractivity contribution in [2.75, 3.05) is 49.6 Å². The second kappa shape index (κ2) is 13.8. The third-order valence-electron chi connectivity index (χ3n) is 7.14. The Morgan fingerprint density at radius 1 is 0.952 bits per heavy atom. The van der Waals surface area contributed by atoms with E-state index in [-0.39, 0.29) is 17.4 Å². The summed E-state index contributed by atoms with van der Waals surface area (Å²) in [5.74, 6) is -0.956. The summed E-state index contributed by atoms with van der Waals surface area (Å²) in [5.41, 5.74) is 10.8. The number of carbonyl (C=O) groups excluding carboxylic acids is 2. The van der Waals surface area contributed by atoms with E-state index in [1.165, 1.54) is 18.2 Å². The number of hydrogen-bond acceptors (Lipinski definition) is 6. The molecule has 0 bridgehead atoms. The molecule has 0 unspecified atom stereocenters. The van der Waals surface area contributed by atoms with Gasteiger partial charge in [0.05, 0.1) is 30.2 Å². The summed E-state index contributed by atoms with van der Waals surface area (Å²) in [6, 6.07) is 23.1. The van der Waals surface area contributed by atoms with E-state index in [1.54, 1.807) is 35.5 Å². The lowest BCUT2D eigenvalue weighted by molar-refractivity contribution is 0.0741. The summed E-state index contributed by atoms with van der Waals surface area (Å²) in [5, 5.41) is 3.01. The van der Waals surface area contributed by atoms with Gasteiger partial charge < -0.3 is 25.6 Å². The zero-order valence-corrected chi connectivity index (χ0v) is 23.3. The van der Waals surface area contributed by atoms with Gasteiger partial charge in [-0.05, 0) is 78.2 Å². The quantitative estimate of drug-likeness (QED) is 0.281. The monoisotopic (exact) mass is 567 g/mol. The number of pyridine rings is 1. The van der Waals surface area contributed by atoms with Crippen molar-refractivity contribution in [3.05, 3.63) is 114 Å². The molecular weight excluding hydrogens is 533 g/mol. The van der Waals surface area contributed by atoms with Gasteiger partial charge in [-0.25, -0.2) is 4.39 Å². The minimum atomic E-state index is -0.468. The van der Waals surface area contributed by atoms with E-state index in [2.05, 4.69) is 15.2 Å². The lowest BCUT2D eigenvalue weighted by Gasteiger charge is -2.31. The number of nitrogens with two attached hydrogens (primary N) is 1. The van der Waals surface area contributed by atoms with Gasteiger partial charge in [0.15, 0.2) is 0 Å². The van der Waals surface area contributed by atoms with Crippen LogP contribution in [0, 0.1) is 5.82 Å². The van der Waals surface area contributed by atoms with Gasteiger partial charge in [-0.15, -0.1) is 0 Å². The molecule has 3 aromatic carbocycles. The molecule has 0 atom stereocenters. The van der Waals surface area contributed by atoms with Crippen LogP contribution in [-0.4, -0.2) is 61.1 Å². The lowest BCUT2D eigenvalue weighted by atomic mass is 10.0. The number of ether oxygens (including phenoxy) is 1. The van der Waals surface area contributed by atoms with Crippen molar-refractivity contribution >= 4 is 23.2 Å². The highest BCUT2D eigenvalue weighted by Crippen LogP contribution is 2.33.